The van der Waals surface area contributed by atoms with Gasteiger partial charge in [0.05, 0.1) is 4.90 Å². The van der Waals surface area contributed by atoms with Gasteiger partial charge in [0.25, 0.3) is 0 Å². The zero-order valence-electron chi connectivity index (χ0n) is 11.7. The largest absolute Gasteiger partial charge is 0.240 e. The zero-order valence-corrected chi connectivity index (χ0v) is 12.5. The summed E-state index contributed by atoms with van der Waals surface area (Å²) in [7, 11) is -3.45. The average molecular weight is 289 g/mol. The molecule has 0 aromatic heterocycles. The van der Waals surface area contributed by atoms with E-state index in [1.54, 1.807) is 12.1 Å². The Labute approximate surface area is 120 Å². The van der Waals surface area contributed by atoms with E-state index < -0.39 is 10.0 Å². The van der Waals surface area contributed by atoms with Crippen LogP contribution >= 0.6 is 0 Å². The van der Waals surface area contributed by atoms with Gasteiger partial charge in [-0.3, -0.25) is 0 Å². The Kier molecular flexibility index (Phi) is 4.57. The second-order valence-corrected chi connectivity index (χ2v) is 6.80. The molecular weight excluding hydrogens is 270 g/mol. The molecule has 0 saturated heterocycles. The van der Waals surface area contributed by atoms with E-state index in [2.05, 4.69) is 18.6 Å². The molecule has 4 heteroatoms. The molecule has 1 N–H and O–H groups in total. The lowest BCUT2D eigenvalue weighted by molar-refractivity contribution is 0.581. The first-order valence-electron chi connectivity index (χ1n) is 6.62. The Balaban J connectivity index is 2.10. The van der Waals surface area contributed by atoms with E-state index in [1.165, 1.54) is 0 Å². The Morgan fingerprint density at radius 3 is 2.10 bits per heavy atom. The Hall–Kier alpha value is -1.65. The lowest BCUT2D eigenvalue weighted by Crippen LogP contribution is -2.23. The van der Waals surface area contributed by atoms with Crippen molar-refractivity contribution >= 4 is 10.0 Å². The summed E-state index contributed by atoms with van der Waals surface area (Å²) in [4.78, 5) is 0.304. The molecule has 0 spiro atoms. The fourth-order valence-corrected chi connectivity index (χ4v) is 2.91. The number of nitrogens with one attached hydrogen (secondary N) is 1. The molecule has 0 bridgehead atoms. The fraction of sp³-hybridized carbons (Fsp3) is 0.250. The van der Waals surface area contributed by atoms with Crippen molar-refractivity contribution in [1.82, 2.24) is 4.72 Å². The van der Waals surface area contributed by atoms with Crippen LogP contribution in [0.3, 0.4) is 0 Å². The lowest BCUT2D eigenvalue weighted by atomic mass is 10.0. The van der Waals surface area contributed by atoms with E-state index in [-0.39, 0.29) is 0 Å². The predicted molar refractivity (Wildman–Crippen MR) is 81.0 cm³/mol. The van der Waals surface area contributed by atoms with Crippen molar-refractivity contribution < 1.29 is 8.42 Å². The summed E-state index contributed by atoms with van der Waals surface area (Å²) in [6.07, 6.45) is 0. The van der Waals surface area contributed by atoms with Crippen LogP contribution in [-0.4, -0.2) is 8.42 Å². The summed E-state index contributed by atoms with van der Waals surface area (Å²) >= 11 is 0. The molecule has 0 radical (unpaired) electrons. The molecule has 20 heavy (non-hydrogen) atoms. The topological polar surface area (TPSA) is 46.2 Å². The van der Waals surface area contributed by atoms with E-state index in [0.29, 0.717) is 17.4 Å². The first-order valence-corrected chi connectivity index (χ1v) is 8.11. The van der Waals surface area contributed by atoms with Gasteiger partial charge in [-0.05, 0) is 29.2 Å². The number of hydrogen-bond acceptors (Lipinski definition) is 2. The van der Waals surface area contributed by atoms with Gasteiger partial charge in [0, 0.05) is 6.54 Å². The van der Waals surface area contributed by atoms with E-state index in [1.807, 2.05) is 42.5 Å². The zero-order chi connectivity index (χ0) is 14.6. The highest BCUT2D eigenvalue weighted by molar-refractivity contribution is 7.89. The van der Waals surface area contributed by atoms with Crippen molar-refractivity contribution in [2.45, 2.75) is 31.2 Å². The van der Waals surface area contributed by atoms with Crippen LogP contribution in [0.2, 0.25) is 0 Å². The van der Waals surface area contributed by atoms with Crippen LogP contribution in [-0.2, 0) is 16.6 Å². The normalized spacial score (nSPS) is 11.8. The third-order valence-corrected chi connectivity index (χ3v) is 4.58. The summed E-state index contributed by atoms with van der Waals surface area (Å²) < 4.78 is 27.0. The minimum atomic E-state index is -3.45. The molecule has 0 saturated carbocycles. The quantitative estimate of drug-likeness (QED) is 0.918. The minimum absolute atomic E-state index is 0.301. The fourth-order valence-electron chi connectivity index (χ4n) is 1.89. The molecule has 0 atom stereocenters. The first kappa shape index (κ1) is 14.8. The van der Waals surface area contributed by atoms with Crippen molar-refractivity contribution in [1.29, 1.82) is 0 Å². The summed E-state index contributed by atoms with van der Waals surface area (Å²) in [5, 5.41) is 0. The van der Waals surface area contributed by atoms with Crippen LogP contribution in [0.15, 0.2) is 59.5 Å². The van der Waals surface area contributed by atoms with Crippen LogP contribution in [0.25, 0.3) is 0 Å². The Morgan fingerprint density at radius 1 is 0.950 bits per heavy atom. The molecule has 2 aromatic carbocycles. The molecule has 106 valence electrons. The molecule has 0 amide bonds. The monoisotopic (exact) mass is 289 g/mol. The molecule has 0 unspecified atom stereocenters. The first-order chi connectivity index (χ1) is 9.49. The molecule has 0 aliphatic carbocycles. The molecule has 2 rings (SSSR count). The highest BCUT2D eigenvalue weighted by atomic mass is 32.2. The smallest absolute Gasteiger partial charge is 0.207 e. The molecule has 2 aromatic rings. The third-order valence-electron chi connectivity index (χ3n) is 3.17. The maximum atomic E-state index is 12.2. The van der Waals surface area contributed by atoms with E-state index >= 15 is 0 Å². The van der Waals surface area contributed by atoms with Crippen LogP contribution in [0, 0.1) is 0 Å². The van der Waals surface area contributed by atoms with E-state index in [0.717, 1.165) is 11.1 Å². The molecule has 3 nitrogen and oxygen atoms in total. The van der Waals surface area contributed by atoms with E-state index in [4.69, 9.17) is 0 Å². The van der Waals surface area contributed by atoms with Gasteiger partial charge in [0.2, 0.25) is 10.0 Å². The van der Waals surface area contributed by atoms with Gasteiger partial charge in [0.15, 0.2) is 0 Å². The molecule has 0 heterocycles. The minimum Gasteiger partial charge on any atom is -0.207 e. The highest BCUT2D eigenvalue weighted by Crippen LogP contribution is 2.17. The van der Waals surface area contributed by atoms with Crippen molar-refractivity contribution in [3.05, 3.63) is 65.7 Å². The van der Waals surface area contributed by atoms with Crippen LogP contribution in [0.4, 0.5) is 0 Å². The molecular formula is C16H19NO2S. The van der Waals surface area contributed by atoms with Crippen molar-refractivity contribution in [3.8, 4) is 0 Å². The molecule has 0 fully saturated rings. The Morgan fingerprint density at radius 2 is 1.55 bits per heavy atom. The van der Waals surface area contributed by atoms with Gasteiger partial charge >= 0.3 is 0 Å². The highest BCUT2D eigenvalue weighted by Gasteiger charge is 2.13. The second kappa shape index (κ2) is 6.20. The molecule has 0 aliphatic rings. The second-order valence-electron chi connectivity index (χ2n) is 5.03. The predicted octanol–water partition coefficient (Wildman–Crippen LogP) is 3.29. The van der Waals surface area contributed by atoms with Crippen molar-refractivity contribution in [3.63, 3.8) is 0 Å². The van der Waals surface area contributed by atoms with Crippen molar-refractivity contribution in [2.75, 3.05) is 0 Å². The van der Waals surface area contributed by atoms with Gasteiger partial charge < -0.3 is 0 Å². The van der Waals surface area contributed by atoms with Gasteiger partial charge in [-0.2, -0.15) is 0 Å². The number of benzene rings is 2. The van der Waals surface area contributed by atoms with Gasteiger partial charge in [-0.15, -0.1) is 0 Å². The summed E-state index contributed by atoms with van der Waals surface area (Å²) in [5.74, 6) is 0.393. The summed E-state index contributed by atoms with van der Waals surface area (Å²) in [6.45, 7) is 4.46. The Bertz CT molecular complexity index is 647. The standard InChI is InChI=1S/C16H19NO2S/c1-13(2)15-8-10-16(11-9-15)20(18,19)17-12-14-6-4-3-5-7-14/h3-11,13,17H,12H2,1-2H3. The van der Waals surface area contributed by atoms with Crippen molar-refractivity contribution in [2.24, 2.45) is 0 Å². The summed E-state index contributed by atoms with van der Waals surface area (Å²) in [6, 6.07) is 16.5. The van der Waals surface area contributed by atoms with E-state index in [9.17, 15) is 8.42 Å². The van der Waals surface area contributed by atoms with Crippen LogP contribution in [0.1, 0.15) is 30.9 Å². The average Bonchev–Trinajstić information content (AvgIpc) is 2.46. The SMILES string of the molecule is CC(C)c1ccc(S(=O)(=O)NCc2ccccc2)cc1. The van der Waals surface area contributed by atoms with Crippen LogP contribution < -0.4 is 4.72 Å². The van der Waals surface area contributed by atoms with Gasteiger partial charge in [-0.1, -0.05) is 56.3 Å². The van der Waals surface area contributed by atoms with Gasteiger partial charge in [0.1, 0.15) is 0 Å². The molecule has 0 aliphatic heterocycles. The maximum Gasteiger partial charge on any atom is 0.240 e. The lowest BCUT2D eigenvalue weighted by Gasteiger charge is -2.09. The maximum absolute atomic E-state index is 12.2. The number of rotatable bonds is 5. The van der Waals surface area contributed by atoms with Crippen LogP contribution in [0.5, 0.6) is 0 Å². The summed E-state index contributed by atoms with van der Waals surface area (Å²) in [5.41, 5.74) is 2.07. The third kappa shape index (κ3) is 3.68. The number of hydrogen-bond donors (Lipinski definition) is 1. The van der Waals surface area contributed by atoms with Gasteiger partial charge in [-0.25, -0.2) is 13.1 Å². The number of sulfonamides is 1.